The highest BCUT2D eigenvalue weighted by molar-refractivity contribution is 5.89. The fraction of sp³-hybridized carbons (Fsp3) is 0.269. The fourth-order valence-electron chi connectivity index (χ4n) is 4.33. The van der Waals surface area contributed by atoms with Gasteiger partial charge >= 0.3 is 0 Å². The number of aromatic nitrogens is 3. The van der Waals surface area contributed by atoms with E-state index < -0.39 is 6.04 Å². The summed E-state index contributed by atoms with van der Waals surface area (Å²) in [5.74, 6) is 0.135. The highest BCUT2D eigenvalue weighted by Gasteiger charge is 2.24. The molecule has 0 saturated carbocycles. The molecule has 2 aromatic carbocycles. The predicted molar refractivity (Wildman–Crippen MR) is 127 cm³/mol. The summed E-state index contributed by atoms with van der Waals surface area (Å²) < 4.78 is 3.34. The summed E-state index contributed by atoms with van der Waals surface area (Å²) in [6, 6.07) is 19.0. The van der Waals surface area contributed by atoms with Gasteiger partial charge in [0.2, 0.25) is 5.91 Å². The first-order valence-electron chi connectivity index (χ1n) is 10.9. The number of nitrogens with zero attached hydrogens (tertiary/aromatic N) is 3. The lowest BCUT2D eigenvalue weighted by Gasteiger charge is -2.20. The summed E-state index contributed by atoms with van der Waals surface area (Å²) in [5.41, 5.74) is 3.35. The van der Waals surface area contributed by atoms with Crippen molar-refractivity contribution in [1.29, 1.82) is 0 Å². The first kappa shape index (κ1) is 21.6. The van der Waals surface area contributed by atoms with Gasteiger partial charge in [0.15, 0.2) is 0 Å². The van der Waals surface area contributed by atoms with Gasteiger partial charge in [0.05, 0.1) is 17.3 Å². The normalized spacial score (nSPS) is 13.1. The Morgan fingerprint density at radius 1 is 0.969 bits per heavy atom. The molecule has 1 amide bonds. The molecule has 6 heteroatoms. The van der Waals surface area contributed by atoms with Gasteiger partial charge in [0, 0.05) is 23.3 Å². The third-order valence-electron chi connectivity index (χ3n) is 6.17. The molecular formula is C26H28N4O2. The van der Waals surface area contributed by atoms with Crippen molar-refractivity contribution in [3.8, 4) is 5.69 Å². The summed E-state index contributed by atoms with van der Waals surface area (Å²) in [7, 11) is 0. The summed E-state index contributed by atoms with van der Waals surface area (Å²) in [6.07, 6.45) is 1.71. The number of rotatable bonds is 6. The Bertz CT molecular complexity index is 1310. The van der Waals surface area contributed by atoms with Gasteiger partial charge in [-0.25, -0.2) is 0 Å². The molecule has 32 heavy (non-hydrogen) atoms. The Hall–Kier alpha value is -3.67. The van der Waals surface area contributed by atoms with Crippen LogP contribution in [0.4, 0.5) is 0 Å². The lowest BCUT2D eigenvalue weighted by atomic mass is 10.0. The number of fused-ring (bicyclic) bond motifs is 1. The molecule has 6 nitrogen and oxygen atoms in total. The van der Waals surface area contributed by atoms with Crippen LogP contribution >= 0.6 is 0 Å². The Morgan fingerprint density at radius 3 is 2.25 bits per heavy atom. The van der Waals surface area contributed by atoms with Gasteiger partial charge in [0.25, 0.3) is 5.56 Å². The molecule has 164 valence electrons. The number of aryl methyl sites for hydroxylation is 2. The second kappa shape index (κ2) is 8.83. The number of benzene rings is 2. The molecule has 0 fully saturated rings. The van der Waals surface area contributed by atoms with E-state index in [0.717, 1.165) is 16.8 Å². The average molecular weight is 429 g/mol. The molecule has 4 rings (SSSR count). The molecule has 0 spiro atoms. The van der Waals surface area contributed by atoms with Gasteiger partial charge in [0.1, 0.15) is 6.04 Å². The molecule has 0 aliphatic carbocycles. The first-order chi connectivity index (χ1) is 15.4. The summed E-state index contributed by atoms with van der Waals surface area (Å²) in [4.78, 5) is 26.3. The highest BCUT2D eigenvalue weighted by Crippen LogP contribution is 2.26. The Morgan fingerprint density at radius 2 is 1.59 bits per heavy atom. The zero-order valence-corrected chi connectivity index (χ0v) is 18.9. The minimum Gasteiger partial charge on any atom is -0.354 e. The fourth-order valence-corrected chi connectivity index (χ4v) is 4.33. The van der Waals surface area contributed by atoms with Crippen LogP contribution in [0.1, 0.15) is 42.8 Å². The van der Waals surface area contributed by atoms with E-state index in [1.54, 1.807) is 6.20 Å². The minimum absolute atomic E-state index is 0.0735. The van der Waals surface area contributed by atoms with Crippen molar-refractivity contribution in [2.45, 2.75) is 39.7 Å². The maximum Gasteiger partial charge on any atom is 0.281 e. The van der Waals surface area contributed by atoms with Crippen molar-refractivity contribution in [2.75, 3.05) is 6.54 Å². The van der Waals surface area contributed by atoms with Crippen molar-refractivity contribution in [3.63, 3.8) is 0 Å². The number of carbonyl (C=O) groups excluding carboxylic acids is 1. The van der Waals surface area contributed by atoms with E-state index in [1.165, 1.54) is 10.2 Å². The van der Waals surface area contributed by atoms with E-state index >= 15 is 0 Å². The van der Waals surface area contributed by atoms with Crippen LogP contribution in [0.3, 0.4) is 0 Å². The van der Waals surface area contributed by atoms with Gasteiger partial charge in [-0.3, -0.25) is 9.59 Å². The van der Waals surface area contributed by atoms with E-state index in [-0.39, 0.29) is 17.4 Å². The van der Waals surface area contributed by atoms with Gasteiger partial charge in [-0.05, 0) is 44.4 Å². The second-order valence-electron chi connectivity index (χ2n) is 8.26. The number of carbonyl (C=O) groups is 1. The van der Waals surface area contributed by atoms with Crippen molar-refractivity contribution in [1.82, 2.24) is 19.7 Å². The number of hydrogen-bond acceptors (Lipinski definition) is 3. The Labute approximate surface area is 187 Å². The molecule has 2 atom stereocenters. The van der Waals surface area contributed by atoms with Crippen molar-refractivity contribution in [2.24, 2.45) is 0 Å². The number of para-hydroxylation sites is 1. The smallest absolute Gasteiger partial charge is 0.281 e. The molecule has 0 radical (unpaired) electrons. The topological polar surface area (TPSA) is 68.9 Å². The first-order valence-corrected chi connectivity index (χ1v) is 10.9. The van der Waals surface area contributed by atoms with Gasteiger partial charge in [-0.1, -0.05) is 55.5 Å². The quantitative estimate of drug-likeness (QED) is 0.498. The Kier molecular flexibility index (Phi) is 5.95. The third kappa shape index (κ3) is 3.84. The zero-order valence-electron chi connectivity index (χ0n) is 18.9. The Balaban J connectivity index is 1.63. The van der Waals surface area contributed by atoms with Crippen LogP contribution in [0.5, 0.6) is 0 Å². The molecule has 2 unspecified atom stereocenters. The molecule has 0 bridgehead atoms. The van der Waals surface area contributed by atoms with Crippen molar-refractivity contribution >= 4 is 16.7 Å². The van der Waals surface area contributed by atoms with Crippen LogP contribution < -0.4 is 10.9 Å². The van der Waals surface area contributed by atoms with E-state index in [9.17, 15) is 9.59 Å². The average Bonchev–Trinajstić information content (AvgIpc) is 3.08. The number of nitrogens with one attached hydrogen (secondary N) is 1. The summed E-state index contributed by atoms with van der Waals surface area (Å²) in [5, 5.41) is 8.82. The highest BCUT2D eigenvalue weighted by atomic mass is 16.2. The van der Waals surface area contributed by atoms with Gasteiger partial charge in [-0.15, -0.1) is 0 Å². The van der Waals surface area contributed by atoms with E-state index in [0.29, 0.717) is 17.6 Å². The number of hydrogen-bond donors (Lipinski definition) is 1. The molecule has 0 aliphatic rings. The number of amides is 1. The molecule has 2 aromatic heterocycles. The van der Waals surface area contributed by atoms with Crippen molar-refractivity contribution < 1.29 is 4.79 Å². The standard InChI is InChI=1S/C26H28N4O2/c1-17(21-11-7-5-8-12-21)15-27-25(31)20(4)29-18(2)23-16-28-30(22-13-9-6-10-14-22)26(32)24(23)19(29)3/h5-14,16-17,20H,15H2,1-4H3,(H,27,31). The summed E-state index contributed by atoms with van der Waals surface area (Å²) in [6.45, 7) is 8.33. The van der Waals surface area contributed by atoms with Crippen LogP contribution in [0, 0.1) is 13.8 Å². The van der Waals surface area contributed by atoms with Gasteiger partial charge < -0.3 is 9.88 Å². The molecule has 0 aliphatic heterocycles. The van der Waals surface area contributed by atoms with E-state index in [2.05, 4.69) is 29.5 Å². The SMILES string of the molecule is Cc1c2cnn(-c3ccccc3)c(=O)c2c(C)n1C(C)C(=O)NCC(C)c1ccccc1. The molecule has 4 aromatic rings. The summed E-state index contributed by atoms with van der Waals surface area (Å²) >= 11 is 0. The molecule has 1 N–H and O–H groups in total. The maximum absolute atomic E-state index is 13.3. The van der Waals surface area contributed by atoms with Crippen LogP contribution in [0.15, 0.2) is 71.7 Å². The third-order valence-corrected chi connectivity index (χ3v) is 6.17. The largest absolute Gasteiger partial charge is 0.354 e. The van der Waals surface area contributed by atoms with Crippen LogP contribution in [0.2, 0.25) is 0 Å². The van der Waals surface area contributed by atoms with Gasteiger partial charge in [-0.2, -0.15) is 9.78 Å². The molecule has 0 saturated heterocycles. The van der Waals surface area contributed by atoms with E-state index in [1.807, 2.05) is 73.9 Å². The van der Waals surface area contributed by atoms with E-state index in [4.69, 9.17) is 0 Å². The van der Waals surface area contributed by atoms with Crippen molar-refractivity contribution in [3.05, 3.63) is 94.2 Å². The lowest BCUT2D eigenvalue weighted by molar-refractivity contribution is -0.124. The monoisotopic (exact) mass is 428 g/mol. The second-order valence-corrected chi connectivity index (χ2v) is 8.26. The van der Waals surface area contributed by atoms with Crippen LogP contribution in [-0.4, -0.2) is 26.8 Å². The lowest BCUT2D eigenvalue weighted by Crippen LogP contribution is -2.34. The maximum atomic E-state index is 13.3. The molecular weight excluding hydrogens is 400 g/mol. The zero-order chi connectivity index (χ0) is 22.8. The van der Waals surface area contributed by atoms with Crippen LogP contribution in [0.25, 0.3) is 16.5 Å². The molecule has 2 heterocycles. The van der Waals surface area contributed by atoms with Crippen LogP contribution in [-0.2, 0) is 4.79 Å². The minimum atomic E-state index is -0.449. The predicted octanol–water partition coefficient (Wildman–Crippen LogP) is 4.28.